The van der Waals surface area contributed by atoms with Crippen molar-refractivity contribution in [1.29, 1.82) is 0 Å². The van der Waals surface area contributed by atoms with Crippen LogP contribution in [0, 0.1) is 5.92 Å². The maximum absolute atomic E-state index is 2.45. The lowest BCUT2D eigenvalue weighted by Crippen LogP contribution is -2.20. The van der Waals surface area contributed by atoms with E-state index >= 15 is 0 Å². The molecular formula is C9H17N. The van der Waals surface area contributed by atoms with E-state index in [0.29, 0.717) is 0 Å². The van der Waals surface area contributed by atoms with E-state index in [9.17, 15) is 0 Å². The van der Waals surface area contributed by atoms with Crippen LogP contribution in [0.15, 0.2) is 11.6 Å². The maximum atomic E-state index is 2.45. The van der Waals surface area contributed by atoms with Gasteiger partial charge in [-0.15, -0.1) is 0 Å². The van der Waals surface area contributed by atoms with Crippen molar-refractivity contribution in [2.75, 3.05) is 19.6 Å². The minimum Gasteiger partial charge on any atom is -0.296 e. The normalized spacial score (nSPS) is 20.2. The first-order valence-electron chi connectivity index (χ1n) is 4.15. The summed E-state index contributed by atoms with van der Waals surface area (Å²) in [6, 6.07) is 0. The van der Waals surface area contributed by atoms with E-state index in [1.54, 1.807) is 5.57 Å². The van der Waals surface area contributed by atoms with Crippen LogP contribution in [-0.4, -0.2) is 24.5 Å². The third-order valence-electron chi connectivity index (χ3n) is 2.21. The third-order valence-corrected chi connectivity index (χ3v) is 2.21. The van der Waals surface area contributed by atoms with Gasteiger partial charge in [-0.2, -0.15) is 0 Å². The molecule has 0 spiro atoms. The van der Waals surface area contributed by atoms with Gasteiger partial charge in [0.1, 0.15) is 0 Å². The van der Waals surface area contributed by atoms with Crippen LogP contribution >= 0.6 is 0 Å². The van der Waals surface area contributed by atoms with Crippen molar-refractivity contribution in [3.05, 3.63) is 11.6 Å². The van der Waals surface area contributed by atoms with Crippen molar-refractivity contribution in [1.82, 2.24) is 4.90 Å². The predicted octanol–water partition coefficient (Wildman–Crippen LogP) is 1.90. The largest absolute Gasteiger partial charge is 0.296 e. The smallest absolute Gasteiger partial charge is 0.0199 e. The van der Waals surface area contributed by atoms with Crippen LogP contribution in [0.1, 0.15) is 20.8 Å². The van der Waals surface area contributed by atoms with Gasteiger partial charge in [-0.1, -0.05) is 32.4 Å². The van der Waals surface area contributed by atoms with Gasteiger partial charge in [-0.3, -0.25) is 4.90 Å². The molecule has 0 fully saturated rings. The van der Waals surface area contributed by atoms with Crippen molar-refractivity contribution in [3.8, 4) is 0 Å². The second kappa shape index (κ2) is 3.20. The quantitative estimate of drug-likeness (QED) is 0.528. The summed E-state index contributed by atoms with van der Waals surface area (Å²) >= 11 is 0. The van der Waals surface area contributed by atoms with Crippen LogP contribution in [0.5, 0.6) is 0 Å². The second-order valence-electron chi connectivity index (χ2n) is 3.26. The Balaban J connectivity index is 2.39. The molecule has 0 amide bonds. The standard InChI is InChI=1S/C9H17N/c1-4-10-6-5-9(7-10)8(2)3/h5,8H,4,6-7H2,1-3H3. The molecular weight excluding hydrogens is 122 g/mol. The molecule has 1 aliphatic heterocycles. The molecule has 1 aliphatic rings. The summed E-state index contributed by atoms with van der Waals surface area (Å²) in [6.45, 7) is 10.3. The summed E-state index contributed by atoms with van der Waals surface area (Å²) in [5.41, 5.74) is 1.61. The number of rotatable bonds is 2. The average molecular weight is 139 g/mol. The molecule has 0 aromatic heterocycles. The van der Waals surface area contributed by atoms with Crippen LogP contribution in [-0.2, 0) is 0 Å². The molecule has 0 saturated carbocycles. The zero-order valence-corrected chi connectivity index (χ0v) is 7.22. The highest BCUT2D eigenvalue weighted by Gasteiger charge is 2.13. The highest BCUT2D eigenvalue weighted by molar-refractivity contribution is 5.13. The van der Waals surface area contributed by atoms with Gasteiger partial charge in [0.2, 0.25) is 0 Å². The van der Waals surface area contributed by atoms with E-state index in [0.717, 1.165) is 5.92 Å². The van der Waals surface area contributed by atoms with E-state index in [1.165, 1.54) is 19.6 Å². The summed E-state index contributed by atoms with van der Waals surface area (Å²) < 4.78 is 0. The molecule has 0 aromatic carbocycles. The highest BCUT2D eigenvalue weighted by atomic mass is 15.1. The van der Waals surface area contributed by atoms with Crippen molar-refractivity contribution < 1.29 is 0 Å². The van der Waals surface area contributed by atoms with E-state index < -0.39 is 0 Å². The van der Waals surface area contributed by atoms with Crippen molar-refractivity contribution in [3.63, 3.8) is 0 Å². The molecule has 0 aromatic rings. The first-order chi connectivity index (χ1) is 4.74. The van der Waals surface area contributed by atoms with Crippen molar-refractivity contribution in [2.45, 2.75) is 20.8 Å². The zero-order valence-electron chi connectivity index (χ0n) is 7.22. The van der Waals surface area contributed by atoms with E-state index in [-0.39, 0.29) is 0 Å². The Kier molecular flexibility index (Phi) is 2.50. The number of likely N-dealkylation sites (N-methyl/N-ethyl adjacent to an activating group) is 1. The average Bonchev–Trinajstić information content (AvgIpc) is 2.34. The van der Waals surface area contributed by atoms with Crippen LogP contribution in [0.3, 0.4) is 0 Å². The molecule has 0 saturated heterocycles. The molecule has 58 valence electrons. The zero-order chi connectivity index (χ0) is 7.56. The van der Waals surface area contributed by atoms with Crippen molar-refractivity contribution in [2.24, 2.45) is 5.92 Å². The van der Waals surface area contributed by atoms with Gasteiger partial charge in [-0.25, -0.2) is 0 Å². The molecule has 1 rings (SSSR count). The lowest BCUT2D eigenvalue weighted by molar-refractivity contribution is 0.362. The second-order valence-corrected chi connectivity index (χ2v) is 3.26. The Morgan fingerprint density at radius 1 is 1.60 bits per heavy atom. The Bertz CT molecular complexity index is 136. The molecule has 1 nitrogen and oxygen atoms in total. The molecule has 0 atom stereocenters. The maximum Gasteiger partial charge on any atom is 0.0199 e. The lowest BCUT2D eigenvalue weighted by atomic mass is 10.1. The van der Waals surface area contributed by atoms with Gasteiger partial charge in [0.25, 0.3) is 0 Å². The summed E-state index contributed by atoms with van der Waals surface area (Å²) in [6.07, 6.45) is 2.37. The minimum absolute atomic E-state index is 0.747. The fourth-order valence-electron chi connectivity index (χ4n) is 1.29. The number of hydrogen-bond donors (Lipinski definition) is 0. The Morgan fingerprint density at radius 2 is 2.30 bits per heavy atom. The summed E-state index contributed by atoms with van der Waals surface area (Å²) in [5, 5.41) is 0. The van der Waals surface area contributed by atoms with Gasteiger partial charge < -0.3 is 0 Å². The van der Waals surface area contributed by atoms with E-state index in [1.807, 2.05) is 0 Å². The molecule has 1 heteroatoms. The van der Waals surface area contributed by atoms with Crippen LogP contribution in [0.4, 0.5) is 0 Å². The molecule has 1 heterocycles. The number of nitrogens with zero attached hydrogens (tertiary/aromatic N) is 1. The Morgan fingerprint density at radius 3 is 2.60 bits per heavy atom. The highest BCUT2D eigenvalue weighted by Crippen LogP contribution is 2.16. The fraction of sp³-hybridized carbons (Fsp3) is 0.778. The molecule has 10 heavy (non-hydrogen) atoms. The van der Waals surface area contributed by atoms with Crippen LogP contribution in [0.2, 0.25) is 0 Å². The van der Waals surface area contributed by atoms with Crippen molar-refractivity contribution >= 4 is 0 Å². The predicted molar refractivity (Wildman–Crippen MR) is 45.0 cm³/mol. The first kappa shape index (κ1) is 7.80. The first-order valence-corrected chi connectivity index (χ1v) is 4.15. The topological polar surface area (TPSA) is 3.24 Å². The molecule has 0 bridgehead atoms. The van der Waals surface area contributed by atoms with Gasteiger partial charge in [0, 0.05) is 13.1 Å². The third kappa shape index (κ3) is 1.60. The molecule has 0 aliphatic carbocycles. The Labute approximate surface area is 63.7 Å². The molecule has 0 radical (unpaired) electrons. The van der Waals surface area contributed by atoms with Crippen LogP contribution < -0.4 is 0 Å². The van der Waals surface area contributed by atoms with Gasteiger partial charge >= 0.3 is 0 Å². The SMILES string of the molecule is CCN1CC=C(C(C)C)C1. The fourth-order valence-corrected chi connectivity index (χ4v) is 1.29. The summed E-state index contributed by atoms with van der Waals surface area (Å²) in [5.74, 6) is 0.747. The van der Waals surface area contributed by atoms with E-state index in [4.69, 9.17) is 0 Å². The van der Waals surface area contributed by atoms with Gasteiger partial charge in [-0.05, 0) is 12.5 Å². The van der Waals surface area contributed by atoms with E-state index in [2.05, 4.69) is 31.7 Å². The summed E-state index contributed by atoms with van der Waals surface area (Å²) in [7, 11) is 0. The van der Waals surface area contributed by atoms with Gasteiger partial charge in [0.15, 0.2) is 0 Å². The van der Waals surface area contributed by atoms with Gasteiger partial charge in [0.05, 0.1) is 0 Å². The number of hydrogen-bond acceptors (Lipinski definition) is 1. The van der Waals surface area contributed by atoms with Crippen LogP contribution in [0.25, 0.3) is 0 Å². The molecule has 0 N–H and O–H groups in total. The minimum atomic E-state index is 0.747. The molecule has 0 unspecified atom stereocenters. The Hall–Kier alpha value is -0.300. The monoisotopic (exact) mass is 139 g/mol. The lowest BCUT2D eigenvalue weighted by Gasteiger charge is -2.13. The summed E-state index contributed by atoms with van der Waals surface area (Å²) in [4.78, 5) is 2.45.